The van der Waals surface area contributed by atoms with Gasteiger partial charge in [0.15, 0.2) is 0 Å². The van der Waals surface area contributed by atoms with Gasteiger partial charge in [0, 0.05) is 15.5 Å². The van der Waals surface area contributed by atoms with E-state index in [1.807, 2.05) is 12.1 Å². The highest BCUT2D eigenvalue weighted by molar-refractivity contribution is 7.99. The normalized spacial score (nSPS) is 9.90. The second-order valence-corrected chi connectivity index (χ2v) is 5.33. The van der Waals surface area contributed by atoms with Crippen LogP contribution in [0.4, 0.5) is 5.69 Å². The van der Waals surface area contributed by atoms with E-state index < -0.39 is 0 Å². The molecule has 0 aromatic heterocycles. The Balaban J connectivity index is 2.30. The minimum Gasteiger partial charge on any atom is -0.462 e. The first-order chi connectivity index (χ1) is 10.1. The summed E-state index contributed by atoms with van der Waals surface area (Å²) in [6.45, 7) is 2.08. The van der Waals surface area contributed by atoms with Crippen LogP contribution in [-0.2, 0) is 4.74 Å². The molecule has 0 amide bonds. The SMILES string of the molecule is CCOC(=O)c1cc(N)ccc1Sc1ccc(C#N)cc1. The van der Waals surface area contributed by atoms with Crippen LogP contribution in [0.15, 0.2) is 52.3 Å². The van der Waals surface area contributed by atoms with E-state index in [4.69, 9.17) is 15.7 Å². The first-order valence-corrected chi connectivity index (χ1v) is 7.20. The van der Waals surface area contributed by atoms with E-state index in [9.17, 15) is 4.79 Å². The van der Waals surface area contributed by atoms with Crippen molar-refractivity contribution in [1.82, 2.24) is 0 Å². The molecular weight excluding hydrogens is 284 g/mol. The average molecular weight is 298 g/mol. The molecule has 2 aromatic carbocycles. The Morgan fingerprint density at radius 1 is 1.29 bits per heavy atom. The van der Waals surface area contributed by atoms with Gasteiger partial charge in [0.2, 0.25) is 0 Å². The highest BCUT2D eigenvalue weighted by Crippen LogP contribution is 2.32. The molecular formula is C16H14N2O2S. The average Bonchev–Trinajstić information content (AvgIpc) is 2.50. The topological polar surface area (TPSA) is 76.1 Å². The van der Waals surface area contributed by atoms with Crippen molar-refractivity contribution in [2.45, 2.75) is 16.7 Å². The molecule has 0 atom stereocenters. The molecule has 4 nitrogen and oxygen atoms in total. The van der Waals surface area contributed by atoms with Crippen molar-refractivity contribution < 1.29 is 9.53 Å². The molecule has 0 fully saturated rings. The molecule has 0 aliphatic heterocycles. The predicted octanol–water partition coefficient (Wildman–Crippen LogP) is 3.47. The minimum atomic E-state index is -0.388. The summed E-state index contributed by atoms with van der Waals surface area (Å²) in [6, 6.07) is 14.4. The minimum absolute atomic E-state index is 0.314. The van der Waals surface area contributed by atoms with Crippen molar-refractivity contribution in [3.63, 3.8) is 0 Å². The Bertz CT molecular complexity index is 690. The number of hydrogen-bond acceptors (Lipinski definition) is 5. The van der Waals surface area contributed by atoms with E-state index in [1.54, 1.807) is 37.3 Å². The van der Waals surface area contributed by atoms with E-state index >= 15 is 0 Å². The van der Waals surface area contributed by atoms with Gasteiger partial charge in [-0.15, -0.1) is 0 Å². The Morgan fingerprint density at radius 2 is 2.00 bits per heavy atom. The molecule has 0 heterocycles. The molecule has 0 aliphatic carbocycles. The van der Waals surface area contributed by atoms with Crippen LogP contribution in [0.2, 0.25) is 0 Å². The van der Waals surface area contributed by atoms with E-state index in [0.717, 1.165) is 9.79 Å². The molecule has 0 unspecified atom stereocenters. The summed E-state index contributed by atoms with van der Waals surface area (Å²) < 4.78 is 5.05. The monoisotopic (exact) mass is 298 g/mol. The van der Waals surface area contributed by atoms with Gasteiger partial charge in [-0.3, -0.25) is 0 Å². The third-order valence-electron chi connectivity index (χ3n) is 2.71. The highest BCUT2D eigenvalue weighted by atomic mass is 32.2. The zero-order chi connectivity index (χ0) is 15.2. The van der Waals surface area contributed by atoms with Crippen molar-refractivity contribution in [2.75, 3.05) is 12.3 Å². The Morgan fingerprint density at radius 3 is 2.62 bits per heavy atom. The molecule has 2 rings (SSSR count). The maximum Gasteiger partial charge on any atom is 0.339 e. The van der Waals surface area contributed by atoms with Gasteiger partial charge in [0.25, 0.3) is 0 Å². The molecule has 0 saturated heterocycles. The summed E-state index contributed by atoms with van der Waals surface area (Å²) in [4.78, 5) is 13.7. The number of carbonyl (C=O) groups excluding carboxylic acids is 1. The lowest BCUT2D eigenvalue weighted by molar-refractivity contribution is 0.0522. The van der Waals surface area contributed by atoms with Crippen molar-refractivity contribution in [1.29, 1.82) is 5.26 Å². The van der Waals surface area contributed by atoms with Gasteiger partial charge < -0.3 is 10.5 Å². The fraction of sp³-hybridized carbons (Fsp3) is 0.125. The fourth-order valence-corrected chi connectivity index (χ4v) is 2.64. The van der Waals surface area contributed by atoms with Crippen LogP contribution in [0.25, 0.3) is 0 Å². The summed E-state index contributed by atoms with van der Waals surface area (Å²) in [5.74, 6) is -0.388. The maximum atomic E-state index is 12.0. The number of esters is 1. The first-order valence-electron chi connectivity index (χ1n) is 6.38. The molecule has 0 radical (unpaired) electrons. The molecule has 2 aromatic rings. The van der Waals surface area contributed by atoms with Crippen LogP contribution in [0.1, 0.15) is 22.8 Å². The number of nitrogens with zero attached hydrogens (tertiary/aromatic N) is 1. The van der Waals surface area contributed by atoms with E-state index in [1.165, 1.54) is 11.8 Å². The molecule has 5 heteroatoms. The summed E-state index contributed by atoms with van der Waals surface area (Å²) in [7, 11) is 0. The molecule has 21 heavy (non-hydrogen) atoms. The lowest BCUT2D eigenvalue weighted by atomic mass is 10.2. The third-order valence-corrected chi connectivity index (χ3v) is 3.79. The summed E-state index contributed by atoms with van der Waals surface area (Å²) in [6.07, 6.45) is 0. The van der Waals surface area contributed by atoms with Gasteiger partial charge in [-0.05, 0) is 49.4 Å². The number of carbonyl (C=O) groups is 1. The lowest BCUT2D eigenvalue weighted by Gasteiger charge is -2.09. The Hall–Kier alpha value is -2.45. The van der Waals surface area contributed by atoms with Crippen molar-refractivity contribution >= 4 is 23.4 Å². The fourth-order valence-electron chi connectivity index (χ4n) is 1.73. The Labute approximate surface area is 127 Å². The van der Waals surface area contributed by atoms with E-state index in [2.05, 4.69) is 6.07 Å². The molecule has 2 N–H and O–H groups in total. The summed E-state index contributed by atoms with van der Waals surface area (Å²) in [5, 5.41) is 8.79. The van der Waals surface area contributed by atoms with Crippen LogP contribution in [-0.4, -0.2) is 12.6 Å². The zero-order valence-electron chi connectivity index (χ0n) is 11.5. The van der Waals surface area contributed by atoms with Crippen molar-refractivity contribution in [3.05, 3.63) is 53.6 Å². The molecule has 0 bridgehead atoms. The van der Waals surface area contributed by atoms with Crippen LogP contribution in [0.3, 0.4) is 0 Å². The number of nitrogen functional groups attached to an aromatic ring is 1. The number of ether oxygens (including phenoxy) is 1. The third kappa shape index (κ3) is 3.77. The Kier molecular flexibility index (Phi) is 4.85. The van der Waals surface area contributed by atoms with Gasteiger partial charge in [-0.1, -0.05) is 11.8 Å². The standard InChI is InChI=1S/C16H14N2O2S/c1-2-20-16(19)14-9-12(18)5-8-15(14)21-13-6-3-11(10-17)4-7-13/h3-9H,2,18H2,1H3. The van der Waals surface area contributed by atoms with E-state index in [0.29, 0.717) is 23.4 Å². The highest BCUT2D eigenvalue weighted by Gasteiger charge is 2.14. The number of benzene rings is 2. The van der Waals surface area contributed by atoms with Crippen LogP contribution >= 0.6 is 11.8 Å². The van der Waals surface area contributed by atoms with Gasteiger partial charge in [-0.2, -0.15) is 5.26 Å². The predicted molar refractivity (Wildman–Crippen MR) is 82.1 cm³/mol. The number of anilines is 1. The molecule has 0 spiro atoms. The molecule has 0 aliphatic rings. The number of rotatable bonds is 4. The van der Waals surface area contributed by atoms with Gasteiger partial charge >= 0.3 is 5.97 Å². The number of hydrogen-bond donors (Lipinski definition) is 1. The molecule has 0 saturated carbocycles. The molecule has 106 valence electrons. The number of nitrogens with two attached hydrogens (primary N) is 1. The van der Waals surface area contributed by atoms with Gasteiger partial charge in [-0.25, -0.2) is 4.79 Å². The zero-order valence-corrected chi connectivity index (χ0v) is 12.3. The quantitative estimate of drug-likeness (QED) is 0.691. The van der Waals surface area contributed by atoms with Gasteiger partial charge in [0.1, 0.15) is 0 Å². The second kappa shape index (κ2) is 6.82. The second-order valence-electron chi connectivity index (χ2n) is 4.21. The van der Waals surface area contributed by atoms with Crippen LogP contribution in [0, 0.1) is 11.3 Å². The van der Waals surface area contributed by atoms with Crippen molar-refractivity contribution in [3.8, 4) is 6.07 Å². The van der Waals surface area contributed by atoms with Crippen molar-refractivity contribution in [2.24, 2.45) is 0 Å². The van der Waals surface area contributed by atoms with Crippen LogP contribution < -0.4 is 5.73 Å². The van der Waals surface area contributed by atoms with Crippen LogP contribution in [0.5, 0.6) is 0 Å². The summed E-state index contributed by atoms with van der Waals surface area (Å²) in [5.41, 5.74) is 7.31. The largest absolute Gasteiger partial charge is 0.462 e. The lowest BCUT2D eigenvalue weighted by Crippen LogP contribution is -2.06. The van der Waals surface area contributed by atoms with Gasteiger partial charge in [0.05, 0.1) is 23.8 Å². The summed E-state index contributed by atoms with van der Waals surface area (Å²) >= 11 is 1.43. The smallest absolute Gasteiger partial charge is 0.339 e. The maximum absolute atomic E-state index is 12.0. The number of nitriles is 1. The first kappa shape index (κ1) is 14.9. The van der Waals surface area contributed by atoms with E-state index in [-0.39, 0.29) is 5.97 Å².